The van der Waals surface area contributed by atoms with Gasteiger partial charge in [-0.05, 0) is 17.5 Å². The summed E-state index contributed by atoms with van der Waals surface area (Å²) in [5.41, 5.74) is -1.02. The van der Waals surface area contributed by atoms with Gasteiger partial charge in [-0.2, -0.15) is 0 Å². The standard InChI is InChI=1S/C14H16F2N2O2/c1-14(2,3)12-13(20)18(7-10(19)17-12)11-8(15)5-4-6-9(11)16/h4-6,12H,7H2,1-3H3,(H,17,19). The molecular weight excluding hydrogens is 266 g/mol. The molecule has 0 saturated carbocycles. The van der Waals surface area contributed by atoms with Gasteiger partial charge in [0.15, 0.2) is 0 Å². The Morgan fingerprint density at radius 1 is 1.20 bits per heavy atom. The molecule has 1 heterocycles. The zero-order chi connectivity index (χ0) is 15.1. The normalized spacial score (nSPS) is 20.1. The summed E-state index contributed by atoms with van der Waals surface area (Å²) >= 11 is 0. The maximum Gasteiger partial charge on any atom is 0.250 e. The van der Waals surface area contributed by atoms with E-state index in [2.05, 4.69) is 5.32 Å². The fourth-order valence-corrected chi connectivity index (χ4v) is 2.17. The highest BCUT2D eigenvalue weighted by molar-refractivity contribution is 6.07. The van der Waals surface area contributed by atoms with Crippen molar-refractivity contribution in [2.45, 2.75) is 26.8 Å². The molecule has 108 valence electrons. The molecule has 1 fully saturated rings. The summed E-state index contributed by atoms with van der Waals surface area (Å²) in [5.74, 6) is -2.67. The summed E-state index contributed by atoms with van der Waals surface area (Å²) in [6.45, 7) is 4.94. The lowest BCUT2D eigenvalue weighted by molar-refractivity contribution is -0.133. The van der Waals surface area contributed by atoms with Gasteiger partial charge in [0.2, 0.25) is 5.91 Å². The minimum Gasteiger partial charge on any atom is -0.342 e. The third-order valence-electron chi connectivity index (χ3n) is 3.19. The van der Waals surface area contributed by atoms with Gasteiger partial charge in [0.05, 0.1) is 0 Å². The Hall–Kier alpha value is -1.98. The van der Waals surface area contributed by atoms with Crippen molar-refractivity contribution in [3.8, 4) is 0 Å². The molecular formula is C14H16F2N2O2. The highest BCUT2D eigenvalue weighted by Crippen LogP contribution is 2.29. The van der Waals surface area contributed by atoms with Gasteiger partial charge in [-0.1, -0.05) is 26.8 Å². The quantitative estimate of drug-likeness (QED) is 0.854. The van der Waals surface area contributed by atoms with E-state index >= 15 is 0 Å². The lowest BCUT2D eigenvalue weighted by atomic mass is 9.84. The van der Waals surface area contributed by atoms with E-state index in [-0.39, 0.29) is 6.54 Å². The zero-order valence-electron chi connectivity index (χ0n) is 11.5. The van der Waals surface area contributed by atoms with Gasteiger partial charge in [0.25, 0.3) is 5.91 Å². The van der Waals surface area contributed by atoms with E-state index in [0.29, 0.717) is 0 Å². The topological polar surface area (TPSA) is 49.4 Å². The Bertz CT molecular complexity index is 547. The van der Waals surface area contributed by atoms with Crippen LogP contribution in [-0.4, -0.2) is 24.4 Å². The van der Waals surface area contributed by atoms with Crippen LogP contribution in [0.3, 0.4) is 0 Å². The molecule has 4 nitrogen and oxygen atoms in total. The molecule has 0 spiro atoms. The van der Waals surface area contributed by atoms with Crippen molar-refractivity contribution in [1.82, 2.24) is 5.32 Å². The number of carbonyl (C=O) groups excluding carboxylic acids is 2. The Labute approximate surface area is 115 Å². The summed E-state index contributed by atoms with van der Waals surface area (Å²) in [6.07, 6.45) is 0. The van der Waals surface area contributed by atoms with Crippen molar-refractivity contribution in [2.24, 2.45) is 5.41 Å². The van der Waals surface area contributed by atoms with E-state index in [1.807, 2.05) is 0 Å². The fraction of sp³-hybridized carbons (Fsp3) is 0.429. The maximum atomic E-state index is 13.8. The third-order valence-corrected chi connectivity index (χ3v) is 3.19. The molecule has 2 amide bonds. The lowest BCUT2D eigenvalue weighted by Gasteiger charge is -2.38. The Morgan fingerprint density at radius 3 is 2.25 bits per heavy atom. The van der Waals surface area contributed by atoms with Crippen LogP contribution in [0.15, 0.2) is 18.2 Å². The van der Waals surface area contributed by atoms with Gasteiger partial charge in [-0.3, -0.25) is 14.5 Å². The van der Waals surface area contributed by atoms with E-state index < -0.39 is 40.6 Å². The molecule has 1 aliphatic heterocycles. The van der Waals surface area contributed by atoms with Crippen molar-refractivity contribution in [1.29, 1.82) is 0 Å². The molecule has 0 radical (unpaired) electrons. The van der Waals surface area contributed by atoms with Crippen LogP contribution in [0.5, 0.6) is 0 Å². The van der Waals surface area contributed by atoms with Crippen LogP contribution >= 0.6 is 0 Å². The van der Waals surface area contributed by atoms with Crippen LogP contribution < -0.4 is 10.2 Å². The van der Waals surface area contributed by atoms with Gasteiger partial charge in [-0.15, -0.1) is 0 Å². The highest BCUT2D eigenvalue weighted by Gasteiger charge is 2.41. The number of anilines is 1. The van der Waals surface area contributed by atoms with E-state index in [4.69, 9.17) is 0 Å². The number of amides is 2. The highest BCUT2D eigenvalue weighted by atomic mass is 19.1. The predicted molar refractivity (Wildman–Crippen MR) is 70.1 cm³/mol. The van der Waals surface area contributed by atoms with Crippen molar-refractivity contribution in [3.63, 3.8) is 0 Å². The number of hydrogen-bond donors (Lipinski definition) is 1. The van der Waals surface area contributed by atoms with E-state index in [0.717, 1.165) is 17.0 Å². The van der Waals surface area contributed by atoms with E-state index in [9.17, 15) is 18.4 Å². The number of carbonyl (C=O) groups is 2. The molecule has 0 bridgehead atoms. The van der Waals surface area contributed by atoms with Crippen LogP contribution in [-0.2, 0) is 9.59 Å². The first-order valence-corrected chi connectivity index (χ1v) is 6.26. The molecule has 1 unspecified atom stereocenters. The average molecular weight is 282 g/mol. The maximum absolute atomic E-state index is 13.8. The van der Waals surface area contributed by atoms with Crippen LogP contribution in [0.4, 0.5) is 14.5 Å². The second kappa shape index (κ2) is 4.85. The summed E-state index contributed by atoms with van der Waals surface area (Å²) in [6, 6.07) is 2.51. The van der Waals surface area contributed by atoms with E-state index in [1.165, 1.54) is 6.07 Å². The molecule has 0 aromatic heterocycles. The van der Waals surface area contributed by atoms with Crippen LogP contribution in [0.1, 0.15) is 20.8 Å². The number of hydrogen-bond acceptors (Lipinski definition) is 2. The third kappa shape index (κ3) is 2.50. The molecule has 1 atom stereocenters. The summed E-state index contributed by atoms with van der Waals surface area (Å²) in [5, 5.41) is 2.57. The van der Waals surface area contributed by atoms with Gasteiger partial charge in [-0.25, -0.2) is 8.78 Å². The van der Waals surface area contributed by atoms with Crippen LogP contribution in [0.2, 0.25) is 0 Å². The molecule has 1 aromatic rings. The number of piperazine rings is 1. The Balaban J connectivity index is 2.46. The summed E-state index contributed by atoms with van der Waals surface area (Å²) < 4.78 is 27.6. The summed E-state index contributed by atoms with van der Waals surface area (Å²) in [4.78, 5) is 25.0. The first-order valence-electron chi connectivity index (χ1n) is 6.26. The molecule has 6 heteroatoms. The number of nitrogens with zero attached hydrogens (tertiary/aromatic N) is 1. The first kappa shape index (κ1) is 14.4. The molecule has 2 rings (SSSR count). The second-order valence-electron chi connectivity index (χ2n) is 5.86. The average Bonchev–Trinajstić information content (AvgIpc) is 2.31. The monoisotopic (exact) mass is 282 g/mol. The minimum atomic E-state index is -0.860. The molecule has 1 aromatic carbocycles. The molecule has 1 N–H and O–H groups in total. The minimum absolute atomic E-state index is 0.386. The number of nitrogens with one attached hydrogen (secondary N) is 1. The number of para-hydroxylation sites is 1. The summed E-state index contributed by atoms with van der Waals surface area (Å²) in [7, 11) is 0. The van der Waals surface area contributed by atoms with Gasteiger partial charge in [0, 0.05) is 0 Å². The van der Waals surface area contributed by atoms with Crippen molar-refractivity contribution in [2.75, 3.05) is 11.4 Å². The smallest absolute Gasteiger partial charge is 0.250 e. The predicted octanol–water partition coefficient (Wildman–Crippen LogP) is 1.84. The number of halogens is 2. The second-order valence-corrected chi connectivity index (χ2v) is 5.86. The Morgan fingerprint density at radius 2 is 1.75 bits per heavy atom. The van der Waals surface area contributed by atoms with Gasteiger partial charge in [0.1, 0.15) is 29.9 Å². The molecule has 20 heavy (non-hydrogen) atoms. The first-order chi connectivity index (χ1) is 9.21. The Kier molecular flexibility index (Phi) is 3.50. The van der Waals surface area contributed by atoms with Crippen LogP contribution in [0.25, 0.3) is 0 Å². The molecule has 1 saturated heterocycles. The number of benzene rings is 1. The van der Waals surface area contributed by atoms with Crippen molar-refractivity contribution in [3.05, 3.63) is 29.8 Å². The van der Waals surface area contributed by atoms with Crippen LogP contribution in [0, 0.1) is 17.0 Å². The van der Waals surface area contributed by atoms with E-state index in [1.54, 1.807) is 20.8 Å². The zero-order valence-corrected chi connectivity index (χ0v) is 11.5. The van der Waals surface area contributed by atoms with Crippen molar-refractivity contribution < 1.29 is 18.4 Å². The largest absolute Gasteiger partial charge is 0.342 e. The molecule has 1 aliphatic rings. The number of rotatable bonds is 1. The SMILES string of the molecule is CC(C)(C)C1NC(=O)CN(c2c(F)cccc2F)C1=O. The molecule has 0 aliphatic carbocycles. The fourth-order valence-electron chi connectivity index (χ4n) is 2.17. The van der Waals surface area contributed by atoms with Gasteiger partial charge < -0.3 is 5.32 Å². The lowest BCUT2D eigenvalue weighted by Crippen LogP contribution is -2.62. The van der Waals surface area contributed by atoms with Gasteiger partial charge >= 0.3 is 0 Å². The van der Waals surface area contributed by atoms with Crippen molar-refractivity contribution >= 4 is 17.5 Å².